The Morgan fingerprint density at radius 3 is 2.15 bits per heavy atom. The van der Waals surface area contributed by atoms with Crippen molar-refractivity contribution in [1.82, 2.24) is 0 Å². The summed E-state index contributed by atoms with van der Waals surface area (Å²) in [7, 11) is -4.51. The lowest BCUT2D eigenvalue weighted by Crippen LogP contribution is -2.26. The van der Waals surface area contributed by atoms with Crippen LogP contribution in [-0.4, -0.2) is 25.6 Å². The van der Waals surface area contributed by atoms with Crippen LogP contribution in [0.3, 0.4) is 0 Å². The van der Waals surface area contributed by atoms with E-state index in [4.69, 9.17) is 11.6 Å². The molecule has 2 rings (SSSR count). The Labute approximate surface area is 122 Å². The molecule has 0 radical (unpaired) electrons. The third-order valence-electron chi connectivity index (χ3n) is 3.44. The van der Waals surface area contributed by atoms with E-state index in [9.17, 15) is 17.2 Å². The van der Waals surface area contributed by atoms with Crippen LogP contribution in [0.2, 0.25) is 0 Å². The smallest absolute Gasteiger partial charge is 0.341 e. The van der Waals surface area contributed by atoms with Crippen LogP contribution >= 0.6 is 11.6 Å². The standard InChI is InChI=1S/C13H16ClF2NO2S/c14-9-1-3-10(4-2-9)17-11-5-7-12(8-6-11)20(18,19)13(15)16/h5-10,13,17H,1-4H2. The normalized spacial score (nSPS) is 23.8. The molecule has 1 N–H and O–H groups in total. The number of nitrogens with one attached hydrogen (secondary N) is 1. The number of alkyl halides is 3. The van der Waals surface area contributed by atoms with Crippen molar-refractivity contribution in [3.05, 3.63) is 24.3 Å². The Bertz CT molecular complexity index is 540. The topological polar surface area (TPSA) is 46.2 Å². The average Bonchev–Trinajstić information content (AvgIpc) is 2.42. The van der Waals surface area contributed by atoms with Crippen LogP contribution in [0.4, 0.5) is 14.5 Å². The fourth-order valence-electron chi connectivity index (χ4n) is 2.28. The van der Waals surface area contributed by atoms with Crippen molar-refractivity contribution < 1.29 is 17.2 Å². The van der Waals surface area contributed by atoms with Crippen molar-refractivity contribution in [2.45, 2.75) is 47.8 Å². The molecule has 1 aromatic carbocycles. The highest BCUT2D eigenvalue weighted by molar-refractivity contribution is 7.91. The maximum Gasteiger partial charge on any atom is 0.341 e. The van der Waals surface area contributed by atoms with Crippen LogP contribution in [0, 0.1) is 0 Å². The summed E-state index contributed by atoms with van der Waals surface area (Å²) in [5, 5.41) is 3.50. The SMILES string of the molecule is O=S(=O)(c1ccc(NC2CCC(Cl)CC2)cc1)C(F)F. The van der Waals surface area contributed by atoms with Gasteiger partial charge in [0.2, 0.25) is 9.84 Å². The molecule has 0 spiro atoms. The minimum Gasteiger partial charge on any atom is -0.382 e. The van der Waals surface area contributed by atoms with Crippen LogP contribution in [0.5, 0.6) is 0 Å². The Balaban J connectivity index is 2.02. The highest BCUT2D eigenvalue weighted by Gasteiger charge is 2.26. The molecule has 1 saturated carbocycles. The van der Waals surface area contributed by atoms with E-state index < -0.39 is 15.6 Å². The van der Waals surface area contributed by atoms with Crippen LogP contribution in [-0.2, 0) is 9.84 Å². The first-order chi connectivity index (χ1) is 9.39. The summed E-state index contributed by atoms with van der Waals surface area (Å²) < 4.78 is 47.4. The lowest BCUT2D eigenvalue weighted by atomic mass is 9.95. The number of halogens is 3. The maximum atomic E-state index is 12.4. The van der Waals surface area contributed by atoms with Gasteiger partial charge >= 0.3 is 5.76 Å². The first-order valence-corrected chi connectivity index (χ1v) is 8.40. The van der Waals surface area contributed by atoms with Gasteiger partial charge in [0.05, 0.1) is 4.90 Å². The molecule has 112 valence electrons. The van der Waals surface area contributed by atoms with Crippen molar-refractivity contribution in [2.24, 2.45) is 0 Å². The zero-order chi connectivity index (χ0) is 14.8. The Hall–Kier alpha value is -0.880. The van der Waals surface area contributed by atoms with Gasteiger partial charge in [-0.05, 0) is 49.9 Å². The largest absolute Gasteiger partial charge is 0.382 e. The van der Waals surface area contributed by atoms with Crippen molar-refractivity contribution in [2.75, 3.05) is 5.32 Å². The fourth-order valence-corrected chi connectivity index (χ4v) is 3.25. The van der Waals surface area contributed by atoms with E-state index in [1.807, 2.05) is 0 Å². The van der Waals surface area contributed by atoms with Gasteiger partial charge in [0.25, 0.3) is 0 Å². The molecule has 1 fully saturated rings. The predicted molar refractivity (Wildman–Crippen MR) is 75.2 cm³/mol. The van der Waals surface area contributed by atoms with E-state index >= 15 is 0 Å². The molecule has 0 saturated heterocycles. The molecule has 1 aliphatic carbocycles. The summed E-state index contributed by atoms with van der Waals surface area (Å²) in [6.45, 7) is 0. The summed E-state index contributed by atoms with van der Waals surface area (Å²) in [5.41, 5.74) is 0.733. The van der Waals surface area contributed by atoms with Gasteiger partial charge in [0.15, 0.2) is 0 Å². The molecule has 0 heterocycles. The third kappa shape index (κ3) is 3.61. The second kappa shape index (κ2) is 6.26. The maximum absolute atomic E-state index is 12.4. The molecular formula is C13H16ClF2NO2S. The van der Waals surface area contributed by atoms with Crippen LogP contribution in [0.25, 0.3) is 0 Å². The molecule has 0 aliphatic heterocycles. The lowest BCUT2D eigenvalue weighted by molar-refractivity contribution is 0.234. The highest BCUT2D eigenvalue weighted by Crippen LogP contribution is 2.26. The number of sulfone groups is 1. The number of hydrogen-bond donors (Lipinski definition) is 1. The molecule has 7 heteroatoms. The summed E-state index contributed by atoms with van der Waals surface area (Å²) in [6, 6.07) is 5.74. The minimum atomic E-state index is -4.51. The number of hydrogen-bond acceptors (Lipinski definition) is 3. The van der Waals surface area contributed by atoms with Gasteiger partial charge in [0, 0.05) is 17.1 Å². The summed E-state index contributed by atoms with van der Waals surface area (Å²) >= 11 is 6.02. The first kappa shape index (κ1) is 15.5. The van der Waals surface area contributed by atoms with E-state index in [0.717, 1.165) is 31.4 Å². The minimum absolute atomic E-state index is 0.228. The van der Waals surface area contributed by atoms with Crippen LogP contribution < -0.4 is 5.32 Å². The summed E-state index contributed by atoms with van der Waals surface area (Å²) in [5.74, 6) is -3.39. The third-order valence-corrected chi connectivity index (χ3v) is 5.28. The van der Waals surface area contributed by atoms with Gasteiger partial charge in [-0.1, -0.05) is 0 Å². The molecule has 0 bridgehead atoms. The Morgan fingerprint density at radius 2 is 1.65 bits per heavy atom. The number of rotatable bonds is 4. The molecular weight excluding hydrogens is 308 g/mol. The van der Waals surface area contributed by atoms with E-state index in [1.54, 1.807) is 0 Å². The quantitative estimate of drug-likeness (QED) is 0.860. The van der Waals surface area contributed by atoms with Crippen molar-refractivity contribution in [3.63, 3.8) is 0 Å². The molecule has 0 aromatic heterocycles. The highest BCUT2D eigenvalue weighted by atomic mass is 35.5. The molecule has 0 amide bonds. The molecule has 1 aromatic rings. The van der Waals surface area contributed by atoms with Gasteiger partial charge in [-0.15, -0.1) is 11.6 Å². The molecule has 0 atom stereocenters. The van der Waals surface area contributed by atoms with Crippen LogP contribution in [0.1, 0.15) is 25.7 Å². The first-order valence-electron chi connectivity index (χ1n) is 6.42. The Kier molecular flexibility index (Phi) is 4.86. The van der Waals surface area contributed by atoms with Gasteiger partial charge in [-0.3, -0.25) is 0 Å². The molecule has 20 heavy (non-hydrogen) atoms. The average molecular weight is 324 g/mol. The van der Waals surface area contributed by atoms with Gasteiger partial charge < -0.3 is 5.32 Å². The van der Waals surface area contributed by atoms with Gasteiger partial charge in [-0.25, -0.2) is 8.42 Å². The van der Waals surface area contributed by atoms with Gasteiger partial charge in [0.1, 0.15) is 0 Å². The number of anilines is 1. The monoisotopic (exact) mass is 323 g/mol. The molecule has 1 aliphatic rings. The molecule has 0 unspecified atom stereocenters. The summed E-state index contributed by atoms with van der Waals surface area (Å²) in [6.07, 6.45) is 3.78. The second-order valence-electron chi connectivity index (χ2n) is 4.92. The Morgan fingerprint density at radius 1 is 1.10 bits per heavy atom. The van der Waals surface area contributed by atoms with Crippen molar-refractivity contribution in [3.8, 4) is 0 Å². The number of benzene rings is 1. The van der Waals surface area contributed by atoms with E-state index in [2.05, 4.69) is 5.32 Å². The van der Waals surface area contributed by atoms with E-state index in [0.29, 0.717) is 6.04 Å². The van der Waals surface area contributed by atoms with E-state index in [-0.39, 0.29) is 10.3 Å². The van der Waals surface area contributed by atoms with Crippen LogP contribution in [0.15, 0.2) is 29.2 Å². The second-order valence-corrected chi connectivity index (χ2v) is 7.46. The van der Waals surface area contributed by atoms with Crippen molar-refractivity contribution in [1.29, 1.82) is 0 Å². The molecule has 3 nitrogen and oxygen atoms in total. The van der Waals surface area contributed by atoms with E-state index in [1.165, 1.54) is 24.3 Å². The van der Waals surface area contributed by atoms with Gasteiger partial charge in [-0.2, -0.15) is 8.78 Å². The predicted octanol–water partition coefficient (Wildman–Crippen LogP) is 3.64. The van der Waals surface area contributed by atoms with Crippen molar-refractivity contribution >= 4 is 27.1 Å². The fraction of sp³-hybridized carbons (Fsp3) is 0.538. The zero-order valence-corrected chi connectivity index (χ0v) is 12.3. The zero-order valence-electron chi connectivity index (χ0n) is 10.7. The summed E-state index contributed by atoms with van der Waals surface area (Å²) in [4.78, 5) is -0.359. The lowest BCUT2D eigenvalue weighted by Gasteiger charge is -2.26.